The highest BCUT2D eigenvalue weighted by molar-refractivity contribution is 5.93. The van der Waals surface area contributed by atoms with Crippen LogP contribution in [0.5, 0.6) is 0 Å². The Morgan fingerprint density at radius 2 is 1.78 bits per heavy atom. The molecule has 0 bridgehead atoms. The molecule has 0 radical (unpaired) electrons. The Bertz CT molecular complexity index is 847. The zero-order valence-corrected chi connectivity index (χ0v) is 19.2. The van der Waals surface area contributed by atoms with Gasteiger partial charge in [-0.25, -0.2) is 9.97 Å². The Morgan fingerprint density at radius 3 is 2.53 bits per heavy atom. The molecule has 1 atom stereocenters. The van der Waals surface area contributed by atoms with Gasteiger partial charge in [-0.05, 0) is 37.0 Å². The Morgan fingerprint density at radius 1 is 1.06 bits per heavy atom. The van der Waals surface area contributed by atoms with E-state index in [0.717, 1.165) is 55.8 Å². The van der Waals surface area contributed by atoms with Crippen molar-refractivity contribution in [2.75, 3.05) is 42.9 Å². The van der Waals surface area contributed by atoms with Crippen LogP contribution in [0, 0.1) is 5.92 Å². The summed E-state index contributed by atoms with van der Waals surface area (Å²) in [5.41, 5.74) is 2.06. The molecule has 2 fully saturated rings. The number of carbonyl (C=O) groups excluding carboxylic acids is 1. The minimum Gasteiger partial charge on any atom is -0.338 e. The number of anilines is 2. The van der Waals surface area contributed by atoms with Crippen LogP contribution < -0.4 is 15.5 Å². The molecule has 1 aromatic carbocycles. The van der Waals surface area contributed by atoms with Crippen molar-refractivity contribution in [1.29, 1.82) is 0 Å². The van der Waals surface area contributed by atoms with Crippen molar-refractivity contribution in [1.82, 2.24) is 20.2 Å². The van der Waals surface area contributed by atoms with Gasteiger partial charge in [-0.15, -0.1) is 0 Å². The Labute approximate surface area is 191 Å². The molecular formula is C25H36N6O. The molecule has 1 saturated heterocycles. The fourth-order valence-corrected chi connectivity index (χ4v) is 4.86. The summed E-state index contributed by atoms with van der Waals surface area (Å²) in [6.45, 7) is 6.78. The normalized spacial score (nSPS) is 18.6. The number of carbonyl (C=O) groups is 1. The van der Waals surface area contributed by atoms with Gasteiger partial charge >= 0.3 is 0 Å². The van der Waals surface area contributed by atoms with Gasteiger partial charge in [0.1, 0.15) is 0 Å². The van der Waals surface area contributed by atoms with Gasteiger partial charge in [-0.3, -0.25) is 9.69 Å². The number of hydrogen-bond acceptors (Lipinski definition) is 6. The Balaban J connectivity index is 1.23. The average Bonchev–Trinajstić information content (AvgIpc) is 3.32. The summed E-state index contributed by atoms with van der Waals surface area (Å²) in [6.07, 6.45) is 10.3. The zero-order valence-electron chi connectivity index (χ0n) is 19.2. The molecule has 172 valence electrons. The molecule has 4 rings (SSSR count). The molecular weight excluding hydrogens is 400 g/mol. The highest BCUT2D eigenvalue weighted by Gasteiger charge is 2.21. The highest BCUT2D eigenvalue weighted by Crippen LogP contribution is 2.28. The van der Waals surface area contributed by atoms with Crippen LogP contribution >= 0.6 is 0 Å². The molecule has 0 unspecified atom stereocenters. The zero-order chi connectivity index (χ0) is 22.2. The van der Waals surface area contributed by atoms with Crippen LogP contribution in [0.2, 0.25) is 0 Å². The fraction of sp³-hybridized carbons (Fsp3) is 0.560. The van der Waals surface area contributed by atoms with E-state index in [1.807, 2.05) is 24.3 Å². The van der Waals surface area contributed by atoms with Crippen LogP contribution in [-0.2, 0) is 11.3 Å². The lowest BCUT2D eigenvalue weighted by Crippen LogP contribution is -2.49. The van der Waals surface area contributed by atoms with Crippen LogP contribution in [0.25, 0.3) is 0 Å². The number of rotatable bonds is 9. The van der Waals surface area contributed by atoms with Crippen molar-refractivity contribution < 1.29 is 4.79 Å². The van der Waals surface area contributed by atoms with Gasteiger partial charge in [0.25, 0.3) is 0 Å². The quantitative estimate of drug-likeness (QED) is 0.628. The molecule has 2 N–H and O–H groups in total. The largest absolute Gasteiger partial charge is 0.338 e. The molecule has 1 aromatic heterocycles. The molecule has 7 nitrogen and oxygen atoms in total. The summed E-state index contributed by atoms with van der Waals surface area (Å²) in [7, 11) is 0. The van der Waals surface area contributed by atoms with Crippen molar-refractivity contribution in [3.63, 3.8) is 0 Å². The van der Waals surface area contributed by atoms with Gasteiger partial charge in [0.15, 0.2) is 0 Å². The maximum absolute atomic E-state index is 12.7. The summed E-state index contributed by atoms with van der Waals surface area (Å²) in [4.78, 5) is 25.7. The van der Waals surface area contributed by atoms with E-state index in [2.05, 4.69) is 43.4 Å². The molecule has 2 aromatic rings. The van der Waals surface area contributed by atoms with E-state index in [1.165, 1.54) is 32.1 Å². The third-order valence-corrected chi connectivity index (χ3v) is 6.67. The third kappa shape index (κ3) is 6.50. The van der Waals surface area contributed by atoms with Crippen LogP contribution in [0.4, 0.5) is 11.6 Å². The Hall–Kier alpha value is -2.51. The van der Waals surface area contributed by atoms with Gasteiger partial charge in [-0.2, -0.15) is 0 Å². The summed E-state index contributed by atoms with van der Waals surface area (Å²) in [5.74, 6) is 1.68. The first-order chi connectivity index (χ1) is 15.7. The van der Waals surface area contributed by atoms with Crippen molar-refractivity contribution in [2.45, 2.75) is 51.6 Å². The first-order valence-corrected chi connectivity index (χ1v) is 12.0. The molecule has 2 aliphatic rings. The number of benzene rings is 1. The van der Waals surface area contributed by atoms with E-state index in [-0.39, 0.29) is 5.91 Å². The summed E-state index contributed by atoms with van der Waals surface area (Å²) in [5, 5.41) is 6.80. The number of piperazine rings is 1. The molecule has 1 aliphatic heterocycles. The maximum Gasteiger partial charge on any atom is 0.238 e. The van der Waals surface area contributed by atoms with Gasteiger partial charge in [0.05, 0.1) is 6.54 Å². The number of aromatic nitrogens is 2. The minimum absolute atomic E-state index is 0.0425. The third-order valence-electron chi connectivity index (χ3n) is 6.67. The molecule has 2 heterocycles. The number of hydrogen-bond donors (Lipinski definition) is 2. The molecule has 32 heavy (non-hydrogen) atoms. The maximum atomic E-state index is 12.7. The predicted octanol–water partition coefficient (Wildman–Crippen LogP) is 3.30. The highest BCUT2D eigenvalue weighted by atomic mass is 16.2. The summed E-state index contributed by atoms with van der Waals surface area (Å²) in [6, 6.07) is 10.4. The average molecular weight is 437 g/mol. The lowest BCUT2D eigenvalue weighted by atomic mass is 9.99. The minimum atomic E-state index is 0.0425. The lowest BCUT2D eigenvalue weighted by Gasteiger charge is -2.34. The summed E-state index contributed by atoms with van der Waals surface area (Å²) < 4.78 is 0. The van der Waals surface area contributed by atoms with Gasteiger partial charge in [-0.1, -0.05) is 43.9 Å². The number of para-hydroxylation sites is 1. The van der Waals surface area contributed by atoms with Crippen LogP contribution in [0.3, 0.4) is 0 Å². The molecule has 1 aliphatic carbocycles. The fourth-order valence-electron chi connectivity index (χ4n) is 4.86. The van der Waals surface area contributed by atoms with Crippen molar-refractivity contribution in [3.05, 3.63) is 48.3 Å². The van der Waals surface area contributed by atoms with Crippen LogP contribution in [0.15, 0.2) is 42.7 Å². The second kappa shape index (κ2) is 11.4. The van der Waals surface area contributed by atoms with Crippen molar-refractivity contribution >= 4 is 17.5 Å². The monoisotopic (exact) mass is 436 g/mol. The van der Waals surface area contributed by atoms with E-state index in [0.29, 0.717) is 12.6 Å². The van der Waals surface area contributed by atoms with E-state index < -0.39 is 0 Å². The standard InChI is InChI=1S/C25H36N6O/c1-20(17-21-7-2-3-8-21)28-18-22-9-4-5-10-23(22)29-24(32)19-30-13-15-31(16-14-30)25-26-11-6-12-27-25/h4-6,9-12,20-21,28H,2-3,7-8,13-19H2,1H3,(H,29,32)/t20-/m0/s1. The van der Waals surface area contributed by atoms with Gasteiger partial charge < -0.3 is 15.5 Å². The second-order valence-corrected chi connectivity index (χ2v) is 9.19. The molecule has 7 heteroatoms. The van der Waals surface area contributed by atoms with E-state index in [1.54, 1.807) is 12.4 Å². The van der Waals surface area contributed by atoms with E-state index in [9.17, 15) is 4.79 Å². The summed E-state index contributed by atoms with van der Waals surface area (Å²) >= 11 is 0. The van der Waals surface area contributed by atoms with Crippen LogP contribution in [0.1, 0.15) is 44.6 Å². The SMILES string of the molecule is C[C@@H](CC1CCCC1)NCc1ccccc1NC(=O)CN1CCN(c2ncccn2)CC1. The molecule has 0 spiro atoms. The van der Waals surface area contributed by atoms with E-state index >= 15 is 0 Å². The number of nitrogens with zero attached hydrogens (tertiary/aromatic N) is 4. The first-order valence-electron chi connectivity index (χ1n) is 12.0. The van der Waals surface area contributed by atoms with Crippen LogP contribution in [-0.4, -0.2) is 59.5 Å². The lowest BCUT2D eigenvalue weighted by molar-refractivity contribution is -0.117. The Kier molecular flexibility index (Phi) is 8.07. The van der Waals surface area contributed by atoms with Crippen molar-refractivity contribution in [3.8, 4) is 0 Å². The molecule has 1 saturated carbocycles. The smallest absolute Gasteiger partial charge is 0.238 e. The first kappa shape index (κ1) is 22.7. The van der Waals surface area contributed by atoms with Gasteiger partial charge in [0, 0.05) is 56.8 Å². The number of nitrogens with one attached hydrogen (secondary N) is 2. The topological polar surface area (TPSA) is 73.4 Å². The van der Waals surface area contributed by atoms with Gasteiger partial charge in [0.2, 0.25) is 11.9 Å². The van der Waals surface area contributed by atoms with Crippen molar-refractivity contribution in [2.24, 2.45) is 5.92 Å². The number of amides is 1. The molecule has 1 amide bonds. The van der Waals surface area contributed by atoms with E-state index in [4.69, 9.17) is 0 Å². The predicted molar refractivity (Wildman–Crippen MR) is 129 cm³/mol. The second-order valence-electron chi connectivity index (χ2n) is 9.19.